The molecule has 212 valence electrons. The number of aromatic nitrogens is 4. The topological polar surface area (TPSA) is 121 Å². The van der Waals surface area contributed by atoms with Gasteiger partial charge in [0.25, 0.3) is 11.7 Å². The molecule has 2 aliphatic rings. The van der Waals surface area contributed by atoms with E-state index in [4.69, 9.17) is 24.7 Å². The molecule has 0 unspecified atom stereocenters. The van der Waals surface area contributed by atoms with Gasteiger partial charge >= 0.3 is 6.18 Å². The molecule has 3 aromatic rings. The van der Waals surface area contributed by atoms with Crippen LogP contribution in [0.3, 0.4) is 0 Å². The number of rotatable bonds is 10. The minimum atomic E-state index is -4.46. The number of aryl methyl sites for hydroxylation is 1. The van der Waals surface area contributed by atoms with E-state index in [2.05, 4.69) is 19.9 Å². The molecule has 0 spiro atoms. The summed E-state index contributed by atoms with van der Waals surface area (Å²) in [4.78, 5) is 16.0. The molecule has 0 amide bonds. The van der Waals surface area contributed by atoms with Crippen LogP contribution in [0.15, 0.2) is 47.5 Å². The van der Waals surface area contributed by atoms with Crippen molar-refractivity contribution < 1.29 is 36.7 Å². The Morgan fingerprint density at radius 3 is 2.50 bits per heavy atom. The van der Waals surface area contributed by atoms with Gasteiger partial charge in [0, 0.05) is 13.0 Å². The summed E-state index contributed by atoms with van der Waals surface area (Å²) in [7, 11) is 4.72. The summed E-state index contributed by atoms with van der Waals surface area (Å²) in [6.07, 6.45) is -0.0637. The van der Waals surface area contributed by atoms with E-state index in [-0.39, 0.29) is 30.4 Å². The fourth-order valence-electron chi connectivity index (χ4n) is 4.27. The average molecular weight is 560 g/mol. The first kappa shape index (κ1) is 27.4. The van der Waals surface area contributed by atoms with Crippen LogP contribution >= 0.6 is 0 Å². The van der Waals surface area contributed by atoms with Gasteiger partial charge in [0.1, 0.15) is 24.5 Å². The minimum Gasteiger partial charge on any atom is -0.482 e. The van der Waals surface area contributed by atoms with Crippen LogP contribution in [0.25, 0.3) is 17.0 Å². The highest BCUT2D eigenvalue weighted by molar-refractivity contribution is 6.25. The number of nitrogens with zero attached hydrogens (tertiary/aromatic N) is 4. The molecule has 13 heteroatoms. The minimum absolute atomic E-state index is 0.120. The second-order valence-corrected chi connectivity index (χ2v) is 9.58. The lowest BCUT2D eigenvalue weighted by Gasteiger charge is -2.27. The van der Waals surface area contributed by atoms with Gasteiger partial charge in [-0.15, -0.1) is 0 Å². The van der Waals surface area contributed by atoms with Gasteiger partial charge in [0.15, 0.2) is 11.7 Å². The first-order valence-electron chi connectivity index (χ1n) is 12.7. The Bertz CT molecular complexity index is 1430. The fourth-order valence-corrected chi connectivity index (χ4v) is 4.27. The number of aromatic amines is 1. The largest absolute Gasteiger partial charge is 0.482 e. The van der Waals surface area contributed by atoms with Crippen LogP contribution in [0.2, 0.25) is 0 Å². The molecule has 1 saturated carbocycles. The molecule has 0 radical (unpaired) electrons. The van der Waals surface area contributed by atoms with Crippen molar-refractivity contribution in [3.05, 3.63) is 59.6 Å². The zero-order valence-electron chi connectivity index (χ0n) is 22.3. The second kappa shape index (κ2) is 11.2. The van der Waals surface area contributed by atoms with Gasteiger partial charge < -0.3 is 24.7 Å². The van der Waals surface area contributed by atoms with Crippen molar-refractivity contribution in [2.75, 3.05) is 27.4 Å². The smallest absolute Gasteiger partial charge is 0.457 e. The zero-order chi connectivity index (χ0) is 28.4. The maximum Gasteiger partial charge on any atom is 0.457 e. The number of benzene rings is 1. The molecule has 40 heavy (non-hydrogen) atoms. The number of alkyl halides is 3. The van der Waals surface area contributed by atoms with Gasteiger partial charge in [-0.25, -0.2) is 14.5 Å². The second-order valence-electron chi connectivity index (χ2n) is 9.58. The number of methoxy groups -OCH3 is 1. The summed E-state index contributed by atoms with van der Waals surface area (Å²) in [5, 5.41) is 0. The van der Waals surface area contributed by atoms with Crippen molar-refractivity contribution in [1.29, 1.82) is 0 Å². The predicted molar refractivity (Wildman–Crippen MR) is 138 cm³/mol. The highest BCUT2D eigenvalue weighted by atomic mass is 19.4. The van der Waals surface area contributed by atoms with Crippen LogP contribution in [0, 0.1) is 5.92 Å². The van der Waals surface area contributed by atoms with Crippen molar-refractivity contribution in [3.8, 4) is 23.0 Å². The molecular formula is C27H30F3N6O4+. The fraction of sp³-hybridized carbons (Fsp3) is 0.407. The molecule has 3 N–H and O–H groups in total. The third-order valence-corrected chi connectivity index (χ3v) is 6.61. The van der Waals surface area contributed by atoms with Crippen LogP contribution in [-0.2, 0) is 29.3 Å². The van der Waals surface area contributed by atoms with Crippen molar-refractivity contribution in [1.82, 2.24) is 15.0 Å². The molecule has 2 aromatic heterocycles. The van der Waals surface area contributed by atoms with Crippen LogP contribution in [0.1, 0.15) is 29.9 Å². The Hall–Kier alpha value is -4.13. The summed E-state index contributed by atoms with van der Waals surface area (Å²) in [5.74, 6) is 1.60. The van der Waals surface area contributed by atoms with Crippen LogP contribution in [0.4, 0.5) is 13.2 Å². The highest BCUT2D eigenvalue weighted by Crippen LogP contribution is 2.37. The van der Waals surface area contributed by atoms with Gasteiger partial charge in [-0.1, -0.05) is 12.1 Å². The maximum absolute atomic E-state index is 13.1. The number of nitrogens with two attached hydrogens (primary N) is 1. The van der Waals surface area contributed by atoms with Crippen molar-refractivity contribution >= 4 is 11.3 Å². The SMILES string of the molecule is CN=C(C(=C(N)OC)c1ncc(OC2COC2)c(OCc2ccc(-c3[nH]c(C(F)(F)F)c[n+]3C)cc2)n1)C1CC1. The molecule has 1 aromatic carbocycles. The first-order chi connectivity index (χ1) is 19.2. The number of aliphatic imine (C=N–C) groups is 1. The number of imidazole rings is 1. The lowest BCUT2D eigenvalue weighted by atomic mass is 10.1. The number of hydrogen-bond acceptors (Lipinski definition) is 8. The van der Waals surface area contributed by atoms with Crippen molar-refractivity contribution in [3.63, 3.8) is 0 Å². The van der Waals surface area contributed by atoms with Crippen LogP contribution < -0.4 is 19.8 Å². The number of halogens is 3. The highest BCUT2D eigenvalue weighted by Gasteiger charge is 2.38. The molecule has 10 nitrogen and oxygen atoms in total. The molecule has 1 saturated heterocycles. The molecule has 5 rings (SSSR count). The molecule has 0 atom stereocenters. The van der Waals surface area contributed by atoms with E-state index >= 15 is 0 Å². The Balaban J connectivity index is 1.39. The Morgan fingerprint density at radius 1 is 1.23 bits per heavy atom. The van der Waals surface area contributed by atoms with Gasteiger partial charge in [-0.05, 0) is 30.5 Å². The average Bonchev–Trinajstić information content (AvgIpc) is 3.67. The van der Waals surface area contributed by atoms with Crippen LogP contribution in [0.5, 0.6) is 11.6 Å². The van der Waals surface area contributed by atoms with Gasteiger partial charge in [0.2, 0.25) is 11.4 Å². The number of H-pyrrole nitrogens is 1. The quantitative estimate of drug-likeness (QED) is 0.222. The van der Waals surface area contributed by atoms with Crippen molar-refractivity contribution in [2.24, 2.45) is 23.7 Å². The Kier molecular flexibility index (Phi) is 7.66. The third kappa shape index (κ3) is 5.88. The van der Waals surface area contributed by atoms with Crippen molar-refractivity contribution in [2.45, 2.75) is 31.7 Å². The predicted octanol–water partition coefficient (Wildman–Crippen LogP) is 3.43. The summed E-state index contributed by atoms with van der Waals surface area (Å²) in [6, 6.07) is 6.99. The Labute approximate surface area is 228 Å². The summed E-state index contributed by atoms with van der Waals surface area (Å²) in [6.45, 7) is 1.02. The van der Waals surface area contributed by atoms with E-state index < -0.39 is 11.9 Å². The first-order valence-corrected chi connectivity index (χ1v) is 12.7. The van der Waals surface area contributed by atoms with Crippen LogP contribution in [-0.4, -0.2) is 54.1 Å². The normalized spacial score (nSPS) is 16.8. The third-order valence-electron chi connectivity index (χ3n) is 6.61. The number of ether oxygens (including phenoxy) is 4. The Morgan fingerprint density at radius 2 is 1.95 bits per heavy atom. The maximum atomic E-state index is 13.1. The zero-order valence-corrected chi connectivity index (χ0v) is 22.3. The standard InChI is InChI=1S/C27H29F3N6O4/c1-32-22(16-8-9-16)21(23(31)37-3)24-33-10-19(40-18-13-38-14-18)26(35-24)39-12-15-4-6-17(7-5-15)25-34-20(11-36(25)2)27(28,29)30/h4-7,10-11,16,18H,8-9,12-14H2,1-3H3,(H2,31,32,33,35)/p+1. The number of nitrogens with one attached hydrogen (secondary N) is 1. The van der Waals surface area contributed by atoms with E-state index in [0.717, 1.165) is 30.3 Å². The van der Waals surface area contributed by atoms with E-state index in [0.29, 0.717) is 41.7 Å². The summed E-state index contributed by atoms with van der Waals surface area (Å²) >= 11 is 0. The van der Waals surface area contributed by atoms with E-state index in [1.165, 1.54) is 17.9 Å². The molecule has 2 fully saturated rings. The molecular weight excluding hydrogens is 529 g/mol. The lowest BCUT2D eigenvalue weighted by Crippen LogP contribution is -2.38. The molecule has 0 bridgehead atoms. The molecule has 1 aliphatic heterocycles. The van der Waals surface area contributed by atoms with E-state index in [1.54, 1.807) is 38.4 Å². The van der Waals surface area contributed by atoms with Gasteiger partial charge in [-0.3, -0.25) is 4.99 Å². The summed E-state index contributed by atoms with van der Waals surface area (Å²) in [5.41, 5.74) is 8.03. The van der Waals surface area contributed by atoms with E-state index in [1.807, 2.05) is 0 Å². The van der Waals surface area contributed by atoms with Gasteiger partial charge in [-0.2, -0.15) is 18.2 Å². The van der Waals surface area contributed by atoms with E-state index in [9.17, 15) is 13.2 Å². The molecule has 3 heterocycles. The lowest BCUT2D eigenvalue weighted by molar-refractivity contribution is -0.659. The van der Waals surface area contributed by atoms with Gasteiger partial charge in [0.05, 0.1) is 44.8 Å². The molecule has 1 aliphatic carbocycles. The number of hydrogen-bond donors (Lipinski definition) is 2. The summed E-state index contributed by atoms with van der Waals surface area (Å²) < 4.78 is 63.3. The monoisotopic (exact) mass is 559 g/mol. The number of allylic oxidation sites excluding steroid dienone is 1.